The molecule has 3 aromatic rings. The fraction of sp³-hybridized carbons (Fsp3) is 0.321. The Bertz CT molecular complexity index is 1280. The van der Waals surface area contributed by atoms with Gasteiger partial charge in [-0.1, -0.05) is 80.5 Å². The van der Waals surface area contributed by atoms with Crippen molar-refractivity contribution >= 4 is 34.0 Å². The molecule has 2 aliphatic rings. The molecule has 0 spiro atoms. The first-order chi connectivity index (χ1) is 15.8. The van der Waals surface area contributed by atoms with Gasteiger partial charge < -0.3 is 10.2 Å². The molecule has 5 heteroatoms. The van der Waals surface area contributed by atoms with Crippen molar-refractivity contribution in [1.29, 1.82) is 0 Å². The Hall–Kier alpha value is -3.47. The number of fused-ring (bicyclic) bond motifs is 3. The summed E-state index contributed by atoms with van der Waals surface area (Å²) in [6, 6.07) is 22.8. The number of carbonyl (C=O) groups is 2. The van der Waals surface area contributed by atoms with E-state index in [0.29, 0.717) is 12.0 Å². The van der Waals surface area contributed by atoms with Crippen LogP contribution in [0.5, 0.6) is 0 Å². The largest absolute Gasteiger partial charge is 0.365 e. The van der Waals surface area contributed by atoms with Crippen LogP contribution >= 0.6 is 0 Å². The number of hydrogen-bond acceptors (Lipinski definition) is 4. The third-order valence-corrected chi connectivity index (χ3v) is 8.45. The first kappa shape index (κ1) is 21.4. The van der Waals surface area contributed by atoms with Gasteiger partial charge in [0, 0.05) is 22.9 Å². The van der Waals surface area contributed by atoms with E-state index in [9.17, 15) is 9.59 Å². The van der Waals surface area contributed by atoms with Gasteiger partial charge in [-0.3, -0.25) is 4.79 Å². The second-order valence-corrected chi connectivity index (χ2v) is 9.98. The number of nitrogens with one attached hydrogen (secondary N) is 1. The van der Waals surface area contributed by atoms with Crippen LogP contribution in [0, 0.1) is 16.2 Å². The smallest absolute Gasteiger partial charge is 0.325 e. The van der Waals surface area contributed by atoms with Gasteiger partial charge in [0.2, 0.25) is 5.91 Å². The highest BCUT2D eigenvalue weighted by Crippen LogP contribution is 2.71. The molecule has 2 unspecified atom stereocenters. The highest BCUT2D eigenvalue weighted by atomic mass is 16.7. The van der Waals surface area contributed by atoms with Crippen molar-refractivity contribution in [3.8, 4) is 0 Å². The van der Waals surface area contributed by atoms with Crippen molar-refractivity contribution < 1.29 is 14.4 Å². The number of oxime groups is 1. The maximum Gasteiger partial charge on any atom is 0.365 e. The predicted octanol–water partition coefficient (Wildman–Crippen LogP) is 6.21. The van der Waals surface area contributed by atoms with E-state index >= 15 is 0 Å². The molecule has 2 bridgehead atoms. The summed E-state index contributed by atoms with van der Waals surface area (Å²) in [5.74, 6) is -0.478. The van der Waals surface area contributed by atoms with E-state index in [0.717, 1.165) is 35.0 Å². The van der Waals surface area contributed by atoms with Crippen LogP contribution < -0.4 is 5.32 Å². The molecule has 1 amide bonds. The van der Waals surface area contributed by atoms with Crippen LogP contribution in [-0.4, -0.2) is 17.6 Å². The van der Waals surface area contributed by atoms with Gasteiger partial charge in [0.05, 0.1) is 16.7 Å². The van der Waals surface area contributed by atoms with Crippen LogP contribution in [-0.2, 0) is 9.63 Å². The quantitative estimate of drug-likeness (QED) is 0.387. The summed E-state index contributed by atoms with van der Waals surface area (Å²) in [4.78, 5) is 31.6. The Morgan fingerprint density at radius 1 is 0.879 bits per heavy atom. The van der Waals surface area contributed by atoms with Crippen molar-refractivity contribution in [1.82, 2.24) is 0 Å². The number of benzene rings is 3. The first-order valence-electron chi connectivity index (χ1n) is 11.4. The van der Waals surface area contributed by atoms with Gasteiger partial charge in [-0.2, -0.15) is 0 Å². The molecular weight excluding hydrogens is 412 g/mol. The standard InChI is InChI=1S/C28H28N2O3/c1-26(2)27(3)16-17-28(26,18-23(27)30-33-24(31)20-11-5-4-6-12-20)25(32)29-22-15-9-13-19-10-7-8-14-21(19)22/h4-15H,16-18H2,1-3H3,(H,29,32). The Balaban J connectivity index is 1.44. The Morgan fingerprint density at radius 3 is 2.36 bits per heavy atom. The van der Waals surface area contributed by atoms with Gasteiger partial charge in [0.25, 0.3) is 0 Å². The molecule has 0 heterocycles. The molecule has 168 valence electrons. The van der Waals surface area contributed by atoms with Crippen molar-refractivity contribution in [2.75, 3.05) is 5.32 Å². The van der Waals surface area contributed by atoms with Crippen molar-refractivity contribution in [2.45, 2.75) is 40.0 Å². The molecule has 5 rings (SSSR count). The summed E-state index contributed by atoms with van der Waals surface area (Å²) < 4.78 is 0. The number of anilines is 1. The first-order valence-corrected chi connectivity index (χ1v) is 11.4. The molecule has 0 aliphatic heterocycles. The maximum atomic E-state index is 13.8. The normalized spacial score (nSPS) is 26.5. The SMILES string of the molecule is CC12CCC(C(=O)Nc3cccc4ccccc34)(CC1=NOC(=O)c1ccccc1)C2(C)C. The number of carbonyl (C=O) groups excluding carboxylic acids is 2. The van der Waals surface area contributed by atoms with E-state index in [-0.39, 0.29) is 16.7 Å². The lowest BCUT2D eigenvalue weighted by atomic mass is 9.64. The van der Waals surface area contributed by atoms with Gasteiger partial charge in [-0.15, -0.1) is 0 Å². The number of nitrogens with zero attached hydrogens (tertiary/aromatic N) is 1. The van der Waals surface area contributed by atoms with E-state index in [1.807, 2.05) is 48.5 Å². The highest BCUT2D eigenvalue weighted by Gasteiger charge is 2.71. The lowest BCUT2D eigenvalue weighted by Crippen LogP contribution is -2.43. The van der Waals surface area contributed by atoms with Gasteiger partial charge in [0.1, 0.15) is 0 Å². The van der Waals surface area contributed by atoms with Crippen molar-refractivity contribution in [3.05, 3.63) is 78.4 Å². The van der Waals surface area contributed by atoms with Crippen LogP contribution in [0.1, 0.15) is 50.4 Å². The van der Waals surface area contributed by atoms with Gasteiger partial charge in [0.15, 0.2) is 0 Å². The Kier molecular flexibility index (Phi) is 4.89. The predicted molar refractivity (Wildman–Crippen MR) is 130 cm³/mol. The third-order valence-electron chi connectivity index (χ3n) is 8.45. The summed E-state index contributed by atoms with van der Waals surface area (Å²) in [7, 11) is 0. The molecule has 0 aromatic heterocycles. The van der Waals surface area contributed by atoms with Crippen LogP contribution in [0.2, 0.25) is 0 Å². The fourth-order valence-electron chi connectivity index (χ4n) is 5.82. The Labute approximate surface area is 193 Å². The van der Waals surface area contributed by atoms with E-state index < -0.39 is 11.4 Å². The molecule has 1 N–H and O–H groups in total. The van der Waals surface area contributed by atoms with Crippen molar-refractivity contribution in [3.63, 3.8) is 0 Å². The zero-order valence-electron chi connectivity index (χ0n) is 19.2. The summed E-state index contributed by atoms with van der Waals surface area (Å²) in [5, 5.41) is 9.66. The molecule has 33 heavy (non-hydrogen) atoms. The van der Waals surface area contributed by atoms with E-state index in [1.54, 1.807) is 24.3 Å². The van der Waals surface area contributed by atoms with Gasteiger partial charge in [-0.05, 0) is 41.8 Å². The third kappa shape index (κ3) is 3.10. The van der Waals surface area contributed by atoms with E-state index in [4.69, 9.17) is 4.84 Å². The molecule has 2 saturated carbocycles. The molecule has 0 radical (unpaired) electrons. The second-order valence-electron chi connectivity index (χ2n) is 9.98. The molecular formula is C28H28N2O3. The average molecular weight is 441 g/mol. The molecule has 2 atom stereocenters. The van der Waals surface area contributed by atoms with Crippen LogP contribution in [0.3, 0.4) is 0 Å². The highest BCUT2D eigenvalue weighted by molar-refractivity contribution is 6.09. The van der Waals surface area contributed by atoms with Crippen LogP contribution in [0.15, 0.2) is 78.0 Å². The zero-order chi connectivity index (χ0) is 23.3. The molecule has 3 aromatic carbocycles. The minimum atomic E-state index is -0.614. The molecule has 0 saturated heterocycles. The van der Waals surface area contributed by atoms with Gasteiger partial charge in [-0.25, -0.2) is 4.79 Å². The van der Waals surface area contributed by atoms with Crippen LogP contribution in [0.4, 0.5) is 5.69 Å². The number of hydrogen-bond donors (Lipinski definition) is 1. The molecule has 5 nitrogen and oxygen atoms in total. The summed E-state index contributed by atoms with van der Waals surface area (Å²) in [6.07, 6.45) is 2.08. The molecule has 2 aliphatic carbocycles. The van der Waals surface area contributed by atoms with Crippen LogP contribution in [0.25, 0.3) is 10.8 Å². The number of amides is 1. The maximum absolute atomic E-state index is 13.8. The second kappa shape index (κ2) is 7.55. The van der Waals surface area contributed by atoms with Gasteiger partial charge >= 0.3 is 5.97 Å². The molecule has 2 fully saturated rings. The average Bonchev–Trinajstić information content (AvgIpc) is 3.14. The summed E-state index contributed by atoms with van der Waals surface area (Å²) >= 11 is 0. The lowest BCUT2D eigenvalue weighted by Gasteiger charge is -2.39. The monoisotopic (exact) mass is 440 g/mol. The summed E-state index contributed by atoms with van der Waals surface area (Å²) in [6.45, 7) is 6.43. The lowest BCUT2D eigenvalue weighted by molar-refractivity contribution is -0.130. The fourth-order valence-corrected chi connectivity index (χ4v) is 5.82. The summed E-state index contributed by atoms with van der Waals surface area (Å²) in [5.41, 5.74) is 0.787. The topological polar surface area (TPSA) is 67.8 Å². The number of rotatable bonds is 4. The van der Waals surface area contributed by atoms with Crippen molar-refractivity contribution in [2.24, 2.45) is 21.4 Å². The minimum Gasteiger partial charge on any atom is -0.325 e. The zero-order valence-corrected chi connectivity index (χ0v) is 19.2. The Morgan fingerprint density at radius 2 is 1.58 bits per heavy atom. The minimum absolute atomic E-state index is 0.00663. The van der Waals surface area contributed by atoms with E-state index in [1.165, 1.54) is 0 Å². The van der Waals surface area contributed by atoms with E-state index in [2.05, 4.69) is 31.2 Å².